The van der Waals surface area contributed by atoms with Gasteiger partial charge in [0.2, 0.25) is 5.91 Å². The van der Waals surface area contributed by atoms with Crippen LogP contribution in [0.3, 0.4) is 0 Å². The molecule has 1 amide bonds. The summed E-state index contributed by atoms with van der Waals surface area (Å²) in [5, 5.41) is 7.74. The number of rotatable bonds is 6. The molecule has 2 unspecified atom stereocenters. The Morgan fingerprint density at radius 1 is 1.35 bits per heavy atom. The second kappa shape index (κ2) is 6.71. The Balaban J connectivity index is 3.14. The van der Waals surface area contributed by atoms with Gasteiger partial charge in [-0.15, -0.1) is 0 Å². The van der Waals surface area contributed by atoms with Crippen molar-refractivity contribution in [1.82, 2.24) is 5.48 Å². The predicted molar refractivity (Wildman–Crippen MR) is 73.4 cm³/mol. The van der Waals surface area contributed by atoms with Gasteiger partial charge in [-0.1, -0.05) is 13.8 Å². The van der Waals surface area contributed by atoms with Gasteiger partial charge >= 0.3 is 0 Å². The van der Waals surface area contributed by atoms with Gasteiger partial charge in [-0.25, -0.2) is 13.9 Å². The fourth-order valence-electron chi connectivity index (χ4n) is 2.05. The van der Waals surface area contributed by atoms with Crippen LogP contribution in [0, 0.1) is 5.92 Å². The van der Waals surface area contributed by atoms with Crippen molar-refractivity contribution < 1.29 is 23.2 Å². The van der Waals surface area contributed by atoms with E-state index in [9.17, 15) is 13.2 Å². The number of benzene rings is 1. The summed E-state index contributed by atoms with van der Waals surface area (Å²) in [6.07, 6.45) is 0.267. The van der Waals surface area contributed by atoms with Crippen molar-refractivity contribution in [3.63, 3.8) is 0 Å². The Bertz CT molecular complexity index is 553. The Hall–Kier alpha value is -1.60. The van der Waals surface area contributed by atoms with Crippen molar-refractivity contribution in [2.24, 2.45) is 5.92 Å². The maximum Gasteiger partial charge on any atom is 0.247 e. The van der Waals surface area contributed by atoms with Crippen LogP contribution in [0.25, 0.3) is 0 Å². The molecule has 1 aromatic rings. The van der Waals surface area contributed by atoms with Crippen molar-refractivity contribution in [3.05, 3.63) is 24.3 Å². The quantitative estimate of drug-likeness (QED) is 0.612. The Kier molecular flexibility index (Phi) is 5.52. The summed E-state index contributed by atoms with van der Waals surface area (Å²) in [5.74, 6) is -1.01. The lowest BCUT2D eigenvalue weighted by Gasteiger charge is -2.21. The molecule has 20 heavy (non-hydrogen) atoms. The van der Waals surface area contributed by atoms with E-state index in [1.807, 2.05) is 0 Å². The van der Waals surface area contributed by atoms with Gasteiger partial charge < -0.3 is 4.74 Å². The van der Waals surface area contributed by atoms with Crippen molar-refractivity contribution in [3.8, 4) is 5.75 Å². The molecule has 0 aliphatic carbocycles. The number of carbonyl (C=O) groups is 1. The van der Waals surface area contributed by atoms with Crippen molar-refractivity contribution >= 4 is 15.7 Å². The molecule has 1 aromatic carbocycles. The summed E-state index contributed by atoms with van der Waals surface area (Å²) >= 11 is 0. The number of carbonyl (C=O) groups excluding carboxylic acids is 1. The summed E-state index contributed by atoms with van der Waals surface area (Å²) in [4.78, 5) is 11.6. The maximum absolute atomic E-state index is 12.5. The lowest BCUT2D eigenvalue weighted by atomic mass is 10.1. The molecule has 0 aliphatic rings. The summed E-state index contributed by atoms with van der Waals surface area (Å²) in [5.41, 5.74) is 1.50. The first-order chi connectivity index (χ1) is 9.38. The summed E-state index contributed by atoms with van der Waals surface area (Å²) in [6.45, 7) is 3.16. The monoisotopic (exact) mass is 301 g/mol. The third kappa shape index (κ3) is 3.29. The predicted octanol–water partition coefficient (Wildman–Crippen LogP) is 1.39. The number of ether oxygens (including phenoxy) is 1. The molecular weight excluding hydrogens is 282 g/mol. The number of sulfone groups is 1. The second-order valence-electron chi connectivity index (χ2n) is 4.43. The first-order valence-corrected chi connectivity index (χ1v) is 7.75. The van der Waals surface area contributed by atoms with E-state index in [-0.39, 0.29) is 11.3 Å². The number of hydrogen-bond acceptors (Lipinski definition) is 5. The van der Waals surface area contributed by atoms with E-state index in [4.69, 9.17) is 9.94 Å². The van der Waals surface area contributed by atoms with Crippen LogP contribution in [0.1, 0.15) is 20.3 Å². The molecule has 7 heteroatoms. The van der Waals surface area contributed by atoms with Gasteiger partial charge in [-0.2, -0.15) is 0 Å². The van der Waals surface area contributed by atoms with E-state index in [1.54, 1.807) is 19.1 Å². The van der Waals surface area contributed by atoms with Gasteiger partial charge in [-0.3, -0.25) is 10.0 Å². The fourth-order valence-corrected chi connectivity index (χ4v) is 4.02. The van der Waals surface area contributed by atoms with E-state index in [0.717, 1.165) is 0 Å². The molecule has 0 radical (unpaired) electrons. The minimum absolute atomic E-state index is 0.128. The molecule has 0 heterocycles. The van der Waals surface area contributed by atoms with Crippen LogP contribution < -0.4 is 10.2 Å². The number of amides is 1. The molecular formula is C13H19NO5S. The van der Waals surface area contributed by atoms with Crippen molar-refractivity contribution in [1.29, 1.82) is 0 Å². The molecule has 0 saturated heterocycles. The zero-order valence-corrected chi connectivity index (χ0v) is 12.5. The molecule has 0 fully saturated rings. The third-order valence-electron chi connectivity index (χ3n) is 3.27. The normalized spacial score (nSPS) is 14.4. The Morgan fingerprint density at radius 3 is 2.30 bits per heavy atom. The van der Waals surface area contributed by atoms with Crippen LogP contribution in [-0.4, -0.2) is 31.9 Å². The highest BCUT2D eigenvalue weighted by molar-refractivity contribution is 7.92. The highest BCUT2D eigenvalue weighted by atomic mass is 32.2. The molecule has 0 saturated carbocycles. The summed E-state index contributed by atoms with van der Waals surface area (Å²) in [7, 11) is -2.17. The number of hydroxylamine groups is 1. The topological polar surface area (TPSA) is 92.7 Å². The SMILES string of the molecule is CCC(C(C)C(=O)NO)S(=O)(=O)c1ccc(OC)cc1. The Morgan fingerprint density at radius 2 is 1.90 bits per heavy atom. The van der Waals surface area contributed by atoms with Crippen molar-refractivity contribution in [2.75, 3.05) is 7.11 Å². The van der Waals surface area contributed by atoms with Crippen LogP contribution in [0.4, 0.5) is 0 Å². The van der Waals surface area contributed by atoms with Crippen LogP contribution in [0.2, 0.25) is 0 Å². The van der Waals surface area contributed by atoms with Crippen LogP contribution in [0.5, 0.6) is 5.75 Å². The zero-order chi connectivity index (χ0) is 15.3. The van der Waals surface area contributed by atoms with Gasteiger partial charge in [0.1, 0.15) is 5.75 Å². The maximum atomic E-state index is 12.5. The molecule has 0 spiro atoms. The molecule has 2 atom stereocenters. The van der Waals surface area contributed by atoms with Crippen molar-refractivity contribution in [2.45, 2.75) is 30.4 Å². The van der Waals surface area contributed by atoms with E-state index < -0.39 is 26.9 Å². The fraction of sp³-hybridized carbons (Fsp3) is 0.462. The molecule has 0 bridgehead atoms. The average molecular weight is 301 g/mol. The number of hydrogen-bond donors (Lipinski definition) is 2. The molecule has 0 aliphatic heterocycles. The highest BCUT2D eigenvalue weighted by Crippen LogP contribution is 2.25. The largest absolute Gasteiger partial charge is 0.497 e. The molecule has 6 nitrogen and oxygen atoms in total. The molecule has 1 rings (SSSR count). The smallest absolute Gasteiger partial charge is 0.247 e. The van der Waals surface area contributed by atoms with Gasteiger partial charge in [0.05, 0.1) is 23.2 Å². The highest BCUT2D eigenvalue weighted by Gasteiger charge is 2.34. The van der Waals surface area contributed by atoms with Gasteiger partial charge in [0.15, 0.2) is 9.84 Å². The first-order valence-electron chi connectivity index (χ1n) is 6.20. The lowest BCUT2D eigenvalue weighted by molar-refractivity contribution is -0.132. The minimum atomic E-state index is -3.66. The average Bonchev–Trinajstić information content (AvgIpc) is 2.46. The van der Waals surface area contributed by atoms with Gasteiger partial charge in [-0.05, 0) is 30.7 Å². The number of methoxy groups -OCH3 is 1. The van der Waals surface area contributed by atoms with Gasteiger partial charge in [0.25, 0.3) is 0 Å². The van der Waals surface area contributed by atoms with Crippen LogP contribution in [0.15, 0.2) is 29.2 Å². The minimum Gasteiger partial charge on any atom is -0.497 e. The van der Waals surface area contributed by atoms with Crippen LogP contribution >= 0.6 is 0 Å². The van der Waals surface area contributed by atoms with E-state index in [0.29, 0.717) is 5.75 Å². The van der Waals surface area contributed by atoms with Gasteiger partial charge in [0, 0.05) is 0 Å². The second-order valence-corrected chi connectivity index (χ2v) is 6.60. The standard InChI is InChI=1S/C13H19NO5S/c1-4-12(9(2)13(15)14-16)20(17,18)11-7-5-10(19-3)6-8-11/h5-9,12,16H,4H2,1-3H3,(H,14,15). The summed E-state index contributed by atoms with van der Waals surface area (Å²) < 4.78 is 30.0. The van der Waals surface area contributed by atoms with E-state index in [2.05, 4.69) is 0 Å². The lowest BCUT2D eigenvalue weighted by Crippen LogP contribution is -2.38. The first kappa shape index (κ1) is 16.5. The third-order valence-corrected chi connectivity index (χ3v) is 5.74. The number of nitrogens with one attached hydrogen (secondary N) is 1. The van der Waals surface area contributed by atoms with E-state index in [1.165, 1.54) is 31.6 Å². The molecule has 0 aromatic heterocycles. The molecule has 112 valence electrons. The molecule has 2 N–H and O–H groups in total. The summed E-state index contributed by atoms with van der Waals surface area (Å²) in [6, 6.07) is 5.99. The van der Waals surface area contributed by atoms with E-state index >= 15 is 0 Å². The zero-order valence-electron chi connectivity index (χ0n) is 11.7. The Labute approximate surface area is 118 Å². The van der Waals surface area contributed by atoms with Crippen LogP contribution in [-0.2, 0) is 14.6 Å².